The van der Waals surface area contributed by atoms with E-state index >= 15 is 0 Å². The number of hydrogen-bond donors (Lipinski definition) is 1. The van der Waals surface area contributed by atoms with Gasteiger partial charge in [0, 0.05) is 5.56 Å². The number of nitrogens with zero attached hydrogens (tertiary/aromatic N) is 1. The minimum absolute atomic E-state index is 0.0151. The smallest absolute Gasteiger partial charge is 0.251 e. The monoisotopic (exact) mass is 440 g/mol. The largest absolute Gasteiger partial charge is 0.346 e. The summed E-state index contributed by atoms with van der Waals surface area (Å²) in [6.07, 6.45) is 1.04. The van der Waals surface area contributed by atoms with E-state index in [1.165, 1.54) is 18.2 Å². The highest BCUT2D eigenvalue weighted by atomic mass is 32.2. The van der Waals surface area contributed by atoms with Gasteiger partial charge in [-0.25, -0.2) is 12.8 Å². The van der Waals surface area contributed by atoms with Gasteiger partial charge in [-0.05, 0) is 49.2 Å². The van der Waals surface area contributed by atoms with Crippen molar-refractivity contribution in [2.45, 2.75) is 26.4 Å². The molecule has 31 heavy (non-hydrogen) atoms. The molecule has 1 amide bonds. The third kappa shape index (κ3) is 5.70. The van der Waals surface area contributed by atoms with Crippen molar-refractivity contribution in [2.24, 2.45) is 0 Å². The van der Waals surface area contributed by atoms with Crippen LogP contribution in [0.4, 0.5) is 10.1 Å². The zero-order valence-electron chi connectivity index (χ0n) is 17.7. The Balaban J connectivity index is 1.73. The van der Waals surface area contributed by atoms with E-state index in [1.807, 2.05) is 38.1 Å². The van der Waals surface area contributed by atoms with E-state index in [4.69, 9.17) is 0 Å². The summed E-state index contributed by atoms with van der Waals surface area (Å²) < 4.78 is 39.6. The fourth-order valence-electron chi connectivity index (χ4n) is 3.18. The number of aryl methyl sites for hydroxylation is 1. The summed E-state index contributed by atoms with van der Waals surface area (Å²) in [5.74, 6) is -0.845. The van der Waals surface area contributed by atoms with E-state index in [9.17, 15) is 17.6 Å². The highest BCUT2D eigenvalue weighted by molar-refractivity contribution is 7.92. The van der Waals surface area contributed by atoms with Crippen molar-refractivity contribution in [3.05, 3.63) is 101 Å². The van der Waals surface area contributed by atoms with Gasteiger partial charge in [-0.15, -0.1) is 0 Å². The second kappa shape index (κ2) is 9.31. The molecule has 0 unspecified atom stereocenters. The van der Waals surface area contributed by atoms with Crippen molar-refractivity contribution in [3.8, 4) is 0 Å². The Kier molecular flexibility index (Phi) is 6.75. The zero-order chi connectivity index (χ0) is 22.6. The summed E-state index contributed by atoms with van der Waals surface area (Å²) in [6, 6.07) is 20.1. The molecular weight excluding hydrogens is 415 g/mol. The van der Waals surface area contributed by atoms with Crippen LogP contribution < -0.4 is 9.62 Å². The third-order valence-electron chi connectivity index (χ3n) is 4.99. The highest BCUT2D eigenvalue weighted by Crippen LogP contribution is 2.24. The maximum atomic E-state index is 14.2. The van der Waals surface area contributed by atoms with Crippen LogP contribution in [0.25, 0.3) is 0 Å². The van der Waals surface area contributed by atoms with Gasteiger partial charge in [-0.3, -0.25) is 9.10 Å². The number of nitrogens with one attached hydrogen (secondary N) is 1. The molecule has 0 aromatic heterocycles. The first-order chi connectivity index (χ1) is 14.6. The summed E-state index contributed by atoms with van der Waals surface area (Å²) in [5, 5.41) is 2.95. The Bertz CT molecular complexity index is 1160. The minimum Gasteiger partial charge on any atom is -0.346 e. The fourth-order valence-corrected chi connectivity index (χ4v) is 4.07. The van der Waals surface area contributed by atoms with Crippen molar-refractivity contribution >= 4 is 21.6 Å². The van der Waals surface area contributed by atoms with Crippen LogP contribution in [0, 0.1) is 12.7 Å². The summed E-state index contributed by atoms with van der Waals surface area (Å²) in [6.45, 7) is 3.88. The molecule has 162 valence electrons. The van der Waals surface area contributed by atoms with Crippen LogP contribution in [-0.2, 0) is 16.6 Å². The Morgan fingerprint density at radius 2 is 1.61 bits per heavy atom. The lowest BCUT2D eigenvalue weighted by Gasteiger charge is -2.23. The number of para-hydroxylation sites is 1. The van der Waals surface area contributed by atoms with Gasteiger partial charge in [0.15, 0.2) is 0 Å². The van der Waals surface area contributed by atoms with Crippen LogP contribution in [0.5, 0.6) is 0 Å². The lowest BCUT2D eigenvalue weighted by Crippen LogP contribution is -2.30. The average molecular weight is 441 g/mol. The number of anilines is 1. The average Bonchev–Trinajstić information content (AvgIpc) is 2.72. The van der Waals surface area contributed by atoms with E-state index in [2.05, 4.69) is 5.32 Å². The Morgan fingerprint density at radius 3 is 2.19 bits per heavy atom. The van der Waals surface area contributed by atoms with Gasteiger partial charge >= 0.3 is 0 Å². The van der Waals surface area contributed by atoms with Gasteiger partial charge in [0.1, 0.15) is 5.82 Å². The standard InChI is InChI=1S/C24H25FN2O3S/c1-17-8-12-20(13-9-17)18(2)26-24(28)21-14-10-19(11-15-21)16-27(31(3,29)30)23-7-5-4-6-22(23)25/h4-15,18H,16H2,1-3H3,(H,26,28)/t18-/m0/s1. The fraction of sp³-hybridized carbons (Fsp3) is 0.208. The molecule has 0 aliphatic rings. The first-order valence-electron chi connectivity index (χ1n) is 9.84. The van der Waals surface area contributed by atoms with E-state index in [1.54, 1.807) is 30.3 Å². The van der Waals surface area contributed by atoms with E-state index < -0.39 is 15.8 Å². The second-order valence-corrected chi connectivity index (χ2v) is 9.43. The van der Waals surface area contributed by atoms with Gasteiger partial charge in [0.05, 0.1) is 24.5 Å². The van der Waals surface area contributed by atoms with Gasteiger partial charge < -0.3 is 5.32 Å². The first-order valence-corrected chi connectivity index (χ1v) is 11.7. The molecule has 3 aromatic carbocycles. The van der Waals surface area contributed by atoms with Crippen LogP contribution >= 0.6 is 0 Å². The van der Waals surface area contributed by atoms with Gasteiger partial charge in [-0.2, -0.15) is 0 Å². The molecule has 1 atom stereocenters. The number of amides is 1. The van der Waals surface area contributed by atoms with Crippen molar-refractivity contribution < 1.29 is 17.6 Å². The molecule has 0 aliphatic carbocycles. The number of hydrogen-bond acceptors (Lipinski definition) is 3. The number of carbonyl (C=O) groups excluding carboxylic acids is 1. The molecule has 0 saturated heterocycles. The topological polar surface area (TPSA) is 66.5 Å². The molecule has 0 saturated carbocycles. The lowest BCUT2D eigenvalue weighted by molar-refractivity contribution is 0.0940. The van der Waals surface area contributed by atoms with Crippen molar-refractivity contribution in [2.75, 3.05) is 10.6 Å². The zero-order valence-corrected chi connectivity index (χ0v) is 18.5. The number of carbonyl (C=O) groups is 1. The van der Waals surface area contributed by atoms with Crippen molar-refractivity contribution in [1.29, 1.82) is 0 Å². The molecule has 1 N–H and O–H groups in total. The van der Waals surface area contributed by atoms with Crippen LogP contribution in [0.15, 0.2) is 72.8 Å². The Morgan fingerprint density at radius 1 is 1.00 bits per heavy atom. The molecule has 0 radical (unpaired) electrons. The molecule has 0 spiro atoms. The minimum atomic E-state index is -3.70. The Hall–Kier alpha value is -3.19. The lowest BCUT2D eigenvalue weighted by atomic mass is 10.1. The van der Waals surface area contributed by atoms with Crippen LogP contribution in [0.1, 0.15) is 40.0 Å². The van der Waals surface area contributed by atoms with E-state index in [0.29, 0.717) is 11.1 Å². The predicted molar refractivity (Wildman–Crippen MR) is 121 cm³/mol. The van der Waals surface area contributed by atoms with E-state index in [0.717, 1.165) is 21.7 Å². The number of rotatable bonds is 7. The second-order valence-electron chi connectivity index (χ2n) is 7.52. The van der Waals surface area contributed by atoms with Crippen molar-refractivity contribution in [1.82, 2.24) is 5.32 Å². The number of sulfonamides is 1. The molecule has 7 heteroatoms. The Labute approximate surface area is 182 Å². The third-order valence-corrected chi connectivity index (χ3v) is 6.12. The van der Waals surface area contributed by atoms with Crippen LogP contribution in [-0.4, -0.2) is 20.6 Å². The molecule has 0 heterocycles. The molecule has 3 aromatic rings. The number of halogens is 1. The first kappa shape index (κ1) is 22.5. The van der Waals surface area contributed by atoms with Gasteiger partial charge in [0.2, 0.25) is 10.0 Å². The molecule has 0 bridgehead atoms. The molecule has 3 rings (SSSR count). The summed E-state index contributed by atoms with van der Waals surface area (Å²) in [5.41, 5.74) is 3.23. The number of benzene rings is 3. The summed E-state index contributed by atoms with van der Waals surface area (Å²) in [4.78, 5) is 12.6. The molecular formula is C24H25FN2O3S. The SMILES string of the molecule is Cc1ccc([C@H](C)NC(=O)c2ccc(CN(c3ccccc3F)S(C)(=O)=O)cc2)cc1. The molecule has 0 aliphatic heterocycles. The van der Waals surface area contributed by atoms with E-state index in [-0.39, 0.29) is 24.2 Å². The summed E-state index contributed by atoms with van der Waals surface area (Å²) >= 11 is 0. The van der Waals surface area contributed by atoms with Crippen LogP contribution in [0.3, 0.4) is 0 Å². The normalized spacial score (nSPS) is 12.3. The quantitative estimate of drug-likeness (QED) is 0.584. The maximum Gasteiger partial charge on any atom is 0.251 e. The maximum absolute atomic E-state index is 14.2. The van der Waals surface area contributed by atoms with Gasteiger partial charge in [0.25, 0.3) is 5.91 Å². The highest BCUT2D eigenvalue weighted by Gasteiger charge is 2.21. The van der Waals surface area contributed by atoms with Gasteiger partial charge in [-0.1, -0.05) is 54.1 Å². The predicted octanol–water partition coefficient (Wildman–Crippen LogP) is 4.59. The molecule has 5 nitrogen and oxygen atoms in total. The summed E-state index contributed by atoms with van der Waals surface area (Å²) in [7, 11) is -3.70. The molecule has 0 fully saturated rings. The van der Waals surface area contributed by atoms with Crippen LogP contribution in [0.2, 0.25) is 0 Å². The van der Waals surface area contributed by atoms with Crippen molar-refractivity contribution in [3.63, 3.8) is 0 Å².